The van der Waals surface area contributed by atoms with E-state index in [1.807, 2.05) is 12.1 Å². The average molecular weight is 295 g/mol. The first kappa shape index (κ1) is 15.4. The zero-order valence-corrected chi connectivity index (χ0v) is 12.5. The summed E-state index contributed by atoms with van der Waals surface area (Å²) in [5.74, 6) is 1.09. The van der Waals surface area contributed by atoms with Crippen molar-refractivity contribution in [3.63, 3.8) is 0 Å². The Morgan fingerprint density at radius 1 is 1.24 bits per heavy atom. The third-order valence-corrected chi connectivity index (χ3v) is 3.61. The summed E-state index contributed by atoms with van der Waals surface area (Å²) in [4.78, 5) is 11.2. The Bertz CT molecular complexity index is 488. The molecule has 1 aliphatic rings. The monoisotopic (exact) mass is 295 g/mol. The number of hydrogen-bond donors (Lipinski definition) is 2. The molecule has 1 fully saturated rings. The lowest BCUT2D eigenvalue weighted by Crippen LogP contribution is -2.38. The van der Waals surface area contributed by atoms with Gasteiger partial charge < -0.3 is 24.6 Å². The molecule has 21 heavy (non-hydrogen) atoms. The van der Waals surface area contributed by atoms with Crippen LogP contribution in [-0.4, -0.2) is 38.4 Å². The number of nitrogens with one attached hydrogen (secondary N) is 1. The smallest absolute Gasteiger partial charge is 0.320 e. The van der Waals surface area contributed by atoms with Gasteiger partial charge in [0, 0.05) is 6.54 Å². The molecule has 0 bridgehead atoms. The molecule has 6 heteroatoms. The topological polar surface area (TPSA) is 77.0 Å². The minimum atomic E-state index is -0.801. The minimum Gasteiger partial charge on any atom is -0.493 e. The molecule has 1 atom stereocenters. The van der Waals surface area contributed by atoms with E-state index in [-0.39, 0.29) is 5.92 Å². The van der Waals surface area contributed by atoms with Crippen molar-refractivity contribution in [2.45, 2.75) is 25.4 Å². The van der Waals surface area contributed by atoms with Gasteiger partial charge in [0.1, 0.15) is 6.04 Å². The Morgan fingerprint density at radius 2 is 1.81 bits per heavy atom. The van der Waals surface area contributed by atoms with E-state index < -0.39 is 12.0 Å². The first-order valence-corrected chi connectivity index (χ1v) is 6.85. The molecular weight excluding hydrogens is 274 g/mol. The van der Waals surface area contributed by atoms with Crippen molar-refractivity contribution in [1.29, 1.82) is 0 Å². The van der Waals surface area contributed by atoms with Gasteiger partial charge >= 0.3 is 5.97 Å². The summed E-state index contributed by atoms with van der Waals surface area (Å²) in [6.07, 6.45) is 1.94. The second-order valence-electron chi connectivity index (χ2n) is 5.07. The largest absolute Gasteiger partial charge is 0.493 e. The number of methoxy groups -OCH3 is 3. The SMILES string of the molecule is COc1cc(CNC(C(=O)O)C2CC2)cc(OC)c1OC. The highest BCUT2D eigenvalue weighted by Crippen LogP contribution is 2.38. The molecule has 0 amide bonds. The fraction of sp³-hybridized carbons (Fsp3) is 0.533. The third kappa shape index (κ3) is 3.58. The first-order chi connectivity index (χ1) is 10.1. The highest BCUT2D eigenvalue weighted by Gasteiger charge is 2.35. The molecule has 2 rings (SSSR count). The van der Waals surface area contributed by atoms with Gasteiger partial charge in [0.25, 0.3) is 0 Å². The van der Waals surface area contributed by atoms with Crippen LogP contribution in [0.3, 0.4) is 0 Å². The summed E-state index contributed by atoms with van der Waals surface area (Å²) in [6.45, 7) is 0.435. The fourth-order valence-electron chi connectivity index (χ4n) is 2.35. The van der Waals surface area contributed by atoms with Gasteiger partial charge in [-0.05, 0) is 36.5 Å². The molecule has 0 radical (unpaired) electrons. The number of rotatable bonds is 8. The van der Waals surface area contributed by atoms with Gasteiger partial charge in [-0.1, -0.05) is 0 Å². The van der Waals surface area contributed by atoms with Crippen molar-refractivity contribution in [2.75, 3.05) is 21.3 Å². The predicted octanol–water partition coefficient (Wildman–Crippen LogP) is 1.67. The maximum atomic E-state index is 11.2. The van der Waals surface area contributed by atoms with Gasteiger partial charge in [-0.15, -0.1) is 0 Å². The second-order valence-corrected chi connectivity index (χ2v) is 5.07. The maximum Gasteiger partial charge on any atom is 0.320 e. The number of aliphatic carboxylic acids is 1. The van der Waals surface area contributed by atoms with E-state index in [9.17, 15) is 9.90 Å². The van der Waals surface area contributed by atoms with Crippen molar-refractivity contribution in [3.05, 3.63) is 17.7 Å². The molecule has 2 N–H and O–H groups in total. The van der Waals surface area contributed by atoms with Crippen LogP contribution in [0, 0.1) is 5.92 Å². The van der Waals surface area contributed by atoms with E-state index >= 15 is 0 Å². The summed E-state index contributed by atoms with van der Waals surface area (Å²) in [7, 11) is 4.66. The first-order valence-electron chi connectivity index (χ1n) is 6.85. The molecule has 1 aliphatic carbocycles. The van der Waals surface area contributed by atoms with Crippen LogP contribution < -0.4 is 19.5 Å². The van der Waals surface area contributed by atoms with E-state index in [1.54, 1.807) is 21.3 Å². The Balaban J connectivity index is 2.14. The highest BCUT2D eigenvalue weighted by atomic mass is 16.5. The van der Waals surface area contributed by atoms with E-state index in [1.165, 1.54) is 0 Å². The van der Waals surface area contributed by atoms with Crippen LogP contribution in [-0.2, 0) is 11.3 Å². The number of carbonyl (C=O) groups is 1. The number of carboxylic acids is 1. The van der Waals surface area contributed by atoms with E-state index in [0.29, 0.717) is 23.8 Å². The van der Waals surface area contributed by atoms with Gasteiger partial charge in [-0.25, -0.2) is 0 Å². The molecule has 1 aromatic rings. The Labute approximate surface area is 124 Å². The minimum absolute atomic E-state index is 0.240. The van der Waals surface area contributed by atoms with Gasteiger partial charge in [0.2, 0.25) is 5.75 Å². The molecular formula is C15H21NO5. The number of ether oxygens (including phenoxy) is 3. The summed E-state index contributed by atoms with van der Waals surface area (Å²) in [5.41, 5.74) is 0.886. The van der Waals surface area contributed by atoms with Crippen molar-refractivity contribution >= 4 is 5.97 Å². The van der Waals surface area contributed by atoms with Gasteiger partial charge in [-0.2, -0.15) is 0 Å². The lowest BCUT2D eigenvalue weighted by atomic mass is 10.1. The van der Waals surface area contributed by atoms with Crippen molar-refractivity contribution < 1.29 is 24.1 Å². The van der Waals surface area contributed by atoms with Crippen molar-refractivity contribution in [2.24, 2.45) is 5.92 Å². The standard InChI is InChI=1S/C15H21NO5/c1-19-11-6-9(7-12(20-2)14(11)21-3)8-16-13(15(17)18)10-4-5-10/h6-7,10,13,16H,4-5,8H2,1-3H3,(H,17,18). The molecule has 0 aromatic heterocycles. The number of hydrogen-bond acceptors (Lipinski definition) is 5. The molecule has 0 spiro atoms. The molecule has 116 valence electrons. The highest BCUT2D eigenvalue weighted by molar-refractivity contribution is 5.74. The van der Waals surface area contributed by atoms with Gasteiger partial charge in [0.05, 0.1) is 21.3 Å². The van der Waals surface area contributed by atoms with Crippen LogP contribution in [0.4, 0.5) is 0 Å². The molecule has 1 aromatic carbocycles. The average Bonchev–Trinajstić information content (AvgIpc) is 3.30. The lowest BCUT2D eigenvalue weighted by Gasteiger charge is -2.16. The Kier molecular flexibility index (Phi) is 4.90. The lowest BCUT2D eigenvalue weighted by molar-refractivity contribution is -0.140. The summed E-state index contributed by atoms with van der Waals surface area (Å²) >= 11 is 0. The number of carboxylic acid groups (broad SMARTS) is 1. The van der Waals surface area contributed by atoms with Crippen LogP contribution in [0.5, 0.6) is 17.2 Å². The zero-order valence-electron chi connectivity index (χ0n) is 12.5. The normalized spacial score (nSPS) is 15.4. The van der Waals surface area contributed by atoms with Crippen LogP contribution in [0.25, 0.3) is 0 Å². The summed E-state index contributed by atoms with van der Waals surface area (Å²) in [5, 5.41) is 12.3. The van der Waals surface area contributed by atoms with Crippen molar-refractivity contribution in [3.8, 4) is 17.2 Å². The summed E-state index contributed by atoms with van der Waals surface area (Å²) in [6, 6.07) is 3.14. The quantitative estimate of drug-likeness (QED) is 0.759. The fourth-order valence-corrected chi connectivity index (χ4v) is 2.35. The van der Waals surface area contributed by atoms with Crippen molar-refractivity contribution in [1.82, 2.24) is 5.32 Å². The molecule has 0 aliphatic heterocycles. The van der Waals surface area contributed by atoms with Gasteiger partial charge in [-0.3, -0.25) is 4.79 Å². The summed E-state index contributed by atoms with van der Waals surface area (Å²) < 4.78 is 15.8. The van der Waals surface area contributed by atoms with Crippen LogP contribution >= 0.6 is 0 Å². The number of benzene rings is 1. The molecule has 0 saturated heterocycles. The zero-order chi connectivity index (χ0) is 15.4. The van der Waals surface area contributed by atoms with Crippen LogP contribution in [0.2, 0.25) is 0 Å². The molecule has 6 nitrogen and oxygen atoms in total. The van der Waals surface area contributed by atoms with E-state index in [0.717, 1.165) is 18.4 Å². The Hall–Kier alpha value is -1.95. The van der Waals surface area contributed by atoms with E-state index in [4.69, 9.17) is 14.2 Å². The van der Waals surface area contributed by atoms with Gasteiger partial charge in [0.15, 0.2) is 11.5 Å². The molecule has 1 unspecified atom stereocenters. The maximum absolute atomic E-state index is 11.2. The van der Waals surface area contributed by atoms with Crippen LogP contribution in [0.15, 0.2) is 12.1 Å². The molecule has 1 saturated carbocycles. The van der Waals surface area contributed by atoms with E-state index in [2.05, 4.69) is 5.32 Å². The second kappa shape index (κ2) is 6.67. The predicted molar refractivity (Wildman–Crippen MR) is 77.1 cm³/mol. The van der Waals surface area contributed by atoms with Crippen LogP contribution in [0.1, 0.15) is 18.4 Å². The molecule has 0 heterocycles. The Morgan fingerprint density at radius 3 is 2.19 bits per heavy atom. The third-order valence-electron chi connectivity index (χ3n) is 3.61.